The second-order valence-electron chi connectivity index (χ2n) is 4.50. The van der Waals surface area contributed by atoms with Gasteiger partial charge in [0.05, 0.1) is 12.7 Å². The summed E-state index contributed by atoms with van der Waals surface area (Å²) in [6.07, 6.45) is 8.83. The summed E-state index contributed by atoms with van der Waals surface area (Å²) >= 11 is 0. The normalized spacial score (nSPS) is 11.5. The zero-order valence-corrected chi connectivity index (χ0v) is 11.6. The maximum Gasteiger partial charge on any atom is 0.319 e. The largest absolute Gasteiger partial charge is 0.335 e. The minimum absolute atomic E-state index is 0.00749. The Morgan fingerprint density at radius 1 is 1.52 bits per heavy atom. The van der Waals surface area contributed by atoms with Gasteiger partial charge in [-0.25, -0.2) is 4.98 Å². The highest BCUT2D eigenvalue weighted by Crippen LogP contribution is 2.13. The van der Waals surface area contributed by atoms with E-state index in [4.69, 9.17) is 0 Å². The molecule has 21 heavy (non-hydrogen) atoms. The summed E-state index contributed by atoms with van der Waals surface area (Å²) in [6.45, 7) is -2.66. The Kier molecular flexibility index (Phi) is 4.46. The molecule has 112 valence electrons. The van der Waals surface area contributed by atoms with Crippen LogP contribution in [0.4, 0.5) is 8.78 Å². The number of rotatable bonds is 5. The molecule has 0 radical (unpaired) electrons. The van der Waals surface area contributed by atoms with E-state index in [1.165, 1.54) is 30.4 Å². The third kappa shape index (κ3) is 3.74. The molecule has 0 aromatic carbocycles. The van der Waals surface area contributed by atoms with Crippen molar-refractivity contribution in [2.45, 2.75) is 13.1 Å². The van der Waals surface area contributed by atoms with Crippen molar-refractivity contribution in [3.05, 3.63) is 42.3 Å². The Labute approximate surface area is 120 Å². The molecule has 8 heteroatoms. The van der Waals surface area contributed by atoms with Crippen LogP contribution in [-0.4, -0.2) is 37.2 Å². The second kappa shape index (κ2) is 6.29. The summed E-state index contributed by atoms with van der Waals surface area (Å²) in [5, 5.41) is 3.98. The van der Waals surface area contributed by atoms with Gasteiger partial charge in [-0.3, -0.25) is 14.0 Å². The van der Waals surface area contributed by atoms with Gasteiger partial charge in [-0.1, -0.05) is 0 Å². The van der Waals surface area contributed by atoms with Crippen LogP contribution in [0.1, 0.15) is 17.9 Å². The van der Waals surface area contributed by atoms with Crippen LogP contribution in [0.15, 0.2) is 30.9 Å². The highest BCUT2D eigenvalue weighted by Gasteiger charge is 2.14. The van der Waals surface area contributed by atoms with Crippen molar-refractivity contribution in [2.24, 2.45) is 7.05 Å². The highest BCUT2D eigenvalue weighted by molar-refractivity contribution is 5.91. The van der Waals surface area contributed by atoms with E-state index in [-0.39, 0.29) is 18.3 Å². The van der Waals surface area contributed by atoms with Crippen molar-refractivity contribution < 1.29 is 13.6 Å². The number of hydrogen-bond acceptors (Lipinski definition) is 3. The second-order valence-corrected chi connectivity index (χ2v) is 4.50. The average Bonchev–Trinajstić information content (AvgIpc) is 3.04. The van der Waals surface area contributed by atoms with Gasteiger partial charge < -0.3 is 4.90 Å². The number of hydrogen-bond donors (Lipinski definition) is 0. The quantitative estimate of drug-likeness (QED) is 0.789. The lowest BCUT2D eigenvalue weighted by Crippen LogP contribution is -2.26. The van der Waals surface area contributed by atoms with Crippen LogP contribution in [-0.2, 0) is 18.4 Å². The lowest BCUT2D eigenvalue weighted by atomic mass is 10.3. The first kappa shape index (κ1) is 14.9. The van der Waals surface area contributed by atoms with Crippen molar-refractivity contribution in [3.8, 4) is 0 Å². The zero-order valence-electron chi connectivity index (χ0n) is 11.6. The number of aryl methyl sites for hydroxylation is 1. The molecule has 0 unspecified atom stereocenters. The van der Waals surface area contributed by atoms with Gasteiger partial charge in [-0.2, -0.15) is 13.9 Å². The van der Waals surface area contributed by atoms with Crippen LogP contribution in [0.25, 0.3) is 6.08 Å². The lowest BCUT2D eigenvalue weighted by molar-refractivity contribution is -0.125. The van der Waals surface area contributed by atoms with Gasteiger partial charge in [0.1, 0.15) is 5.82 Å². The van der Waals surface area contributed by atoms with Crippen molar-refractivity contribution in [2.75, 3.05) is 7.05 Å². The molecule has 0 fully saturated rings. The van der Waals surface area contributed by atoms with E-state index >= 15 is 0 Å². The average molecular weight is 295 g/mol. The molecule has 0 aliphatic carbocycles. The molecule has 2 aromatic heterocycles. The molecule has 2 aromatic rings. The van der Waals surface area contributed by atoms with Crippen molar-refractivity contribution in [3.63, 3.8) is 0 Å². The van der Waals surface area contributed by atoms with Crippen LogP contribution in [0.5, 0.6) is 0 Å². The molecule has 0 saturated heterocycles. The summed E-state index contributed by atoms with van der Waals surface area (Å²) in [5.41, 5.74) is 0.785. The standard InChI is InChI=1S/C13H15F2N5O/c1-18(9-11-16-5-6-20(11)13(14)15)12(21)4-3-10-7-17-19(2)8-10/h3-8,13H,9H2,1-2H3/b4-3+. The predicted molar refractivity (Wildman–Crippen MR) is 72.2 cm³/mol. The molecule has 1 amide bonds. The third-order valence-corrected chi connectivity index (χ3v) is 2.86. The minimum atomic E-state index is -2.67. The Morgan fingerprint density at radius 2 is 2.29 bits per heavy atom. The van der Waals surface area contributed by atoms with E-state index in [0.717, 1.165) is 10.1 Å². The summed E-state index contributed by atoms with van der Waals surface area (Å²) in [6, 6.07) is 0. The smallest absolute Gasteiger partial charge is 0.319 e. The van der Waals surface area contributed by atoms with Crippen molar-refractivity contribution in [1.82, 2.24) is 24.2 Å². The molecule has 0 N–H and O–H groups in total. The molecular weight excluding hydrogens is 280 g/mol. The van der Waals surface area contributed by atoms with Crippen LogP contribution < -0.4 is 0 Å². The summed E-state index contributed by atoms with van der Waals surface area (Å²) < 4.78 is 27.7. The number of aromatic nitrogens is 4. The minimum Gasteiger partial charge on any atom is -0.335 e. The molecule has 0 spiro atoms. The van der Waals surface area contributed by atoms with Crippen molar-refractivity contribution >= 4 is 12.0 Å². The zero-order chi connectivity index (χ0) is 15.4. The third-order valence-electron chi connectivity index (χ3n) is 2.86. The van der Waals surface area contributed by atoms with Gasteiger partial charge in [0.25, 0.3) is 0 Å². The number of imidazole rings is 1. The fraction of sp³-hybridized carbons (Fsp3) is 0.308. The first-order valence-corrected chi connectivity index (χ1v) is 6.19. The number of amides is 1. The number of halogens is 2. The van der Waals surface area contributed by atoms with E-state index in [2.05, 4.69) is 10.1 Å². The first-order chi connectivity index (χ1) is 9.97. The van der Waals surface area contributed by atoms with Crippen LogP contribution in [0.2, 0.25) is 0 Å². The van der Waals surface area contributed by atoms with Crippen LogP contribution in [0, 0.1) is 0 Å². The van der Waals surface area contributed by atoms with Crippen LogP contribution >= 0.6 is 0 Å². The predicted octanol–water partition coefficient (Wildman–Crippen LogP) is 1.68. The van der Waals surface area contributed by atoms with Gasteiger partial charge in [-0.05, 0) is 6.08 Å². The molecule has 0 aliphatic rings. The van der Waals surface area contributed by atoms with E-state index < -0.39 is 6.55 Å². The van der Waals surface area contributed by atoms with E-state index in [1.54, 1.807) is 30.2 Å². The molecule has 0 aliphatic heterocycles. The molecule has 2 rings (SSSR count). The number of alkyl halides is 2. The Morgan fingerprint density at radius 3 is 2.90 bits per heavy atom. The number of likely N-dealkylation sites (N-methyl/N-ethyl adjacent to an activating group) is 1. The lowest BCUT2D eigenvalue weighted by Gasteiger charge is -2.15. The molecule has 0 bridgehead atoms. The Bertz CT molecular complexity index is 647. The highest BCUT2D eigenvalue weighted by atomic mass is 19.3. The van der Waals surface area contributed by atoms with E-state index in [0.29, 0.717) is 0 Å². The topological polar surface area (TPSA) is 56.0 Å². The van der Waals surface area contributed by atoms with Gasteiger partial charge in [-0.15, -0.1) is 0 Å². The molecular formula is C13H15F2N5O. The molecule has 6 nitrogen and oxygen atoms in total. The first-order valence-electron chi connectivity index (χ1n) is 6.19. The van der Waals surface area contributed by atoms with Crippen molar-refractivity contribution in [1.29, 1.82) is 0 Å². The van der Waals surface area contributed by atoms with Gasteiger partial charge in [0.15, 0.2) is 0 Å². The molecule has 2 heterocycles. The molecule has 0 atom stereocenters. The maximum absolute atomic E-state index is 12.7. The van der Waals surface area contributed by atoms with Crippen LogP contribution in [0.3, 0.4) is 0 Å². The summed E-state index contributed by atoms with van der Waals surface area (Å²) in [4.78, 5) is 17.1. The maximum atomic E-state index is 12.7. The van der Waals surface area contributed by atoms with Gasteiger partial charge in [0.2, 0.25) is 5.91 Å². The van der Waals surface area contributed by atoms with E-state index in [1.807, 2.05) is 0 Å². The number of carbonyl (C=O) groups excluding carboxylic acids is 1. The summed E-state index contributed by atoms with van der Waals surface area (Å²) in [5.74, 6) is -0.168. The summed E-state index contributed by atoms with van der Waals surface area (Å²) in [7, 11) is 3.30. The Balaban J connectivity index is 1.99. The Hall–Kier alpha value is -2.51. The fourth-order valence-electron chi connectivity index (χ4n) is 1.76. The number of carbonyl (C=O) groups is 1. The van der Waals surface area contributed by atoms with E-state index in [9.17, 15) is 13.6 Å². The number of nitrogens with zero attached hydrogens (tertiary/aromatic N) is 5. The van der Waals surface area contributed by atoms with Gasteiger partial charge in [0, 0.05) is 44.3 Å². The molecule has 0 saturated carbocycles. The fourth-order valence-corrected chi connectivity index (χ4v) is 1.76. The van der Waals surface area contributed by atoms with Gasteiger partial charge >= 0.3 is 6.55 Å². The monoisotopic (exact) mass is 295 g/mol. The SMILES string of the molecule is CN(Cc1nccn1C(F)F)C(=O)/C=C/c1cnn(C)c1.